The van der Waals surface area contributed by atoms with Crippen molar-refractivity contribution in [2.75, 3.05) is 18.5 Å². The normalized spacial score (nSPS) is 10.9. The second-order valence-corrected chi connectivity index (χ2v) is 6.35. The Balaban J connectivity index is 1.98. The van der Waals surface area contributed by atoms with Crippen LogP contribution in [-0.2, 0) is 11.3 Å². The molecule has 136 valence electrons. The van der Waals surface area contributed by atoms with Crippen molar-refractivity contribution in [3.63, 3.8) is 0 Å². The molecule has 8 heteroatoms. The van der Waals surface area contributed by atoms with Gasteiger partial charge in [0.15, 0.2) is 0 Å². The summed E-state index contributed by atoms with van der Waals surface area (Å²) in [6.07, 6.45) is 2.36. The average molecular weight is 375 g/mol. The van der Waals surface area contributed by atoms with Crippen molar-refractivity contribution in [2.45, 2.75) is 13.3 Å². The third kappa shape index (κ3) is 3.82. The number of anilines is 2. The summed E-state index contributed by atoms with van der Waals surface area (Å²) in [4.78, 5) is 17.3. The van der Waals surface area contributed by atoms with Crippen molar-refractivity contribution in [2.24, 2.45) is 0 Å². The number of aliphatic hydroxyl groups excluding tert-OH is 1. The second kappa shape index (κ2) is 8.22. The fourth-order valence-electron chi connectivity index (χ4n) is 2.50. The molecule has 3 rings (SSSR count). The predicted octanol–water partition coefficient (Wildman–Crippen LogP) is 3.40. The van der Waals surface area contributed by atoms with Gasteiger partial charge in [0.05, 0.1) is 41.0 Å². The SMILES string of the molecule is CCc1ccc(Nc2c(C(=O)NOCCO)ccc3sncc23)c(F)c1. The largest absolute Gasteiger partial charge is 0.394 e. The summed E-state index contributed by atoms with van der Waals surface area (Å²) in [6.45, 7) is 1.71. The maximum atomic E-state index is 14.4. The summed E-state index contributed by atoms with van der Waals surface area (Å²) in [5, 5.41) is 12.5. The van der Waals surface area contributed by atoms with Gasteiger partial charge in [0.2, 0.25) is 0 Å². The number of rotatable bonds is 7. The minimum absolute atomic E-state index is 0.0239. The number of aliphatic hydroxyl groups is 1. The fourth-order valence-corrected chi connectivity index (χ4v) is 3.15. The molecule has 0 atom stereocenters. The van der Waals surface area contributed by atoms with Gasteiger partial charge in [0.1, 0.15) is 5.82 Å². The van der Waals surface area contributed by atoms with Crippen LogP contribution in [0.1, 0.15) is 22.8 Å². The summed E-state index contributed by atoms with van der Waals surface area (Å²) in [7, 11) is 0. The maximum Gasteiger partial charge on any atom is 0.276 e. The minimum Gasteiger partial charge on any atom is -0.394 e. The van der Waals surface area contributed by atoms with E-state index in [1.165, 1.54) is 17.6 Å². The van der Waals surface area contributed by atoms with Gasteiger partial charge in [-0.3, -0.25) is 9.63 Å². The molecule has 0 fully saturated rings. The van der Waals surface area contributed by atoms with Crippen LogP contribution in [-0.4, -0.2) is 28.6 Å². The highest BCUT2D eigenvalue weighted by Gasteiger charge is 2.17. The van der Waals surface area contributed by atoms with Crippen LogP contribution in [0.3, 0.4) is 0 Å². The van der Waals surface area contributed by atoms with Crippen molar-refractivity contribution in [3.8, 4) is 0 Å². The van der Waals surface area contributed by atoms with Crippen LogP contribution in [0.5, 0.6) is 0 Å². The first-order chi connectivity index (χ1) is 12.6. The Bertz CT molecular complexity index is 929. The van der Waals surface area contributed by atoms with E-state index < -0.39 is 11.7 Å². The van der Waals surface area contributed by atoms with Gasteiger partial charge in [-0.25, -0.2) is 9.87 Å². The van der Waals surface area contributed by atoms with Gasteiger partial charge in [0, 0.05) is 5.39 Å². The number of hydroxylamine groups is 1. The lowest BCUT2D eigenvalue weighted by atomic mass is 10.1. The molecule has 1 heterocycles. The molecular weight excluding hydrogens is 357 g/mol. The van der Waals surface area contributed by atoms with Gasteiger partial charge in [-0.05, 0) is 47.8 Å². The molecule has 0 aliphatic rings. The Hall–Kier alpha value is -2.55. The van der Waals surface area contributed by atoms with E-state index in [0.717, 1.165) is 16.7 Å². The lowest BCUT2D eigenvalue weighted by Gasteiger charge is -2.14. The molecule has 0 unspecified atom stereocenters. The highest BCUT2D eigenvalue weighted by molar-refractivity contribution is 7.13. The topological polar surface area (TPSA) is 83.5 Å². The number of aromatic nitrogens is 1. The van der Waals surface area contributed by atoms with Crippen molar-refractivity contribution >= 4 is 38.9 Å². The molecule has 6 nitrogen and oxygen atoms in total. The molecule has 0 saturated heterocycles. The fraction of sp³-hybridized carbons (Fsp3) is 0.222. The van der Waals surface area contributed by atoms with Crippen LogP contribution in [0.2, 0.25) is 0 Å². The molecule has 1 aromatic heterocycles. The lowest BCUT2D eigenvalue weighted by molar-refractivity contribution is 0.0169. The number of halogens is 1. The Kier molecular flexibility index (Phi) is 5.77. The van der Waals surface area contributed by atoms with Crippen molar-refractivity contribution in [1.82, 2.24) is 9.85 Å². The number of hydrogen-bond donors (Lipinski definition) is 3. The summed E-state index contributed by atoms with van der Waals surface area (Å²) in [5.41, 5.74) is 4.16. The van der Waals surface area contributed by atoms with Gasteiger partial charge >= 0.3 is 0 Å². The summed E-state index contributed by atoms with van der Waals surface area (Å²) in [6, 6.07) is 8.35. The molecule has 0 spiro atoms. The number of nitrogens with zero attached hydrogens (tertiary/aromatic N) is 1. The maximum absolute atomic E-state index is 14.4. The van der Waals surface area contributed by atoms with Crippen LogP contribution < -0.4 is 10.8 Å². The zero-order valence-corrected chi connectivity index (χ0v) is 14.9. The molecule has 0 saturated carbocycles. The Morgan fingerprint density at radius 1 is 1.35 bits per heavy atom. The average Bonchev–Trinajstić information content (AvgIpc) is 3.12. The summed E-state index contributed by atoms with van der Waals surface area (Å²) < 4.78 is 19.4. The number of aryl methyl sites for hydroxylation is 1. The third-order valence-corrected chi connectivity index (χ3v) is 4.61. The molecule has 0 radical (unpaired) electrons. The molecular formula is C18H18FN3O3S. The molecule has 1 amide bonds. The monoisotopic (exact) mass is 375 g/mol. The van der Waals surface area contributed by atoms with Crippen LogP contribution in [0.4, 0.5) is 15.8 Å². The number of carbonyl (C=O) groups excluding carboxylic acids is 1. The van der Waals surface area contributed by atoms with E-state index in [-0.39, 0.29) is 24.5 Å². The van der Waals surface area contributed by atoms with E-state index in [4.69, 9.17) is 9.94 Å². The Morgan fingerprint density at radius 2 is 2.19 bits per heavy atom. The number of nitrogens with one attached hydrogen (secondary N) is 2. The van der Waals surface area contributed by atoms with E-state index in [1.807, 2.05) is 13.0 Å². The molecule has 0 aliphatic heterocycles. The number of hydrogen-bond acceptors (Lipinski definition) is 6. The predicted molar refractivity (Wildman–Crippen MR) is 99.2 cm³/mol. The smallest absolute Gasteiger partial charge is 0.276 e. The first kappa shape index (κ1) is 18.2. The summed E-state index contributed by atoms with van der Waals surface area (Å²) >= 11 is 1.28. The van der Waals surface area contributed by atoms with Crippen LogP contribution >= 0.6 is 11.5 Å². The number of benzene rings is 2. The van der Waals surface area contributed by atoms with E-state index in [0.29, 0.717) is 11.1 Å². The van der Waals surface area contributed by atoms with E-state index >= 15 is 0 Å². The first-order valence-corrected chi connectivity index (χ1v) is 8.87. The van der Waals surface area contributed by atoms with Crippen LogP contribution in [0.15, 0.2) is 36.5 Å². The van der Waals surface area contributed by atoms with Crippen LogP contribution in [0, 0.1) is 5.82 Å². The standard InChI is InChI=1S/C18H18FN3O3S/c1-2-11-3-5-15(14(19)9-11)21-17-12(18(24)22-25-8-7-23)4-6-16-13(17)10-20-26-16/h3-6,9-10,21,23H,2,7-8H2,1H3,(H,22,24). The van der Waals surface area contributed by atoms with Gasteiger partial charge in [0.25, 0.3) is 5.91 Å². The van der Waals surface area contributed by atoms with E-state index in [1.54, 1.807) is 24.4 Å². The summed E-state index contributed by atoms with van der Waals surface area (Å²) in [5.74, 6) is -0.896. The van der Waals surface area contributed by atoms with Gasteiger partial charge in [-0.15, -0.1) is 0 Å². The van der Waals surface area contributed by atoms with Crippen molar-refractivity contribution in [3.05, 3.63) is 53.5 Å². The molecule has 3 aromatic rings. The Labute approximate surface area is 153 Å². The highest BCUT2D eigenvalue weighted by Crippen LogP contribution is 2.33. The zero-order chi connectivity index (χ0) is 18.5. The Morgan fingerprint density at radius 3 is 2.92 bits per heavy atom. The number of amides is 1. The quantitative estimate of drug-likeness (QED) is 0.435. The van der Waals surface area contributed by atoms with E-state index in [2.05, 4.69) is 15.2 Å². The minimum atomic E-state index is -0.500. The first-order valence-electron chi connectivity index (χ1n) is 8.10. The lowest BCUT2D eigenvalue weighted by Crippen LogP contribution is -2.25. The van der Waals surface area contributed by atoms with Gasteiger partial charge in [-0.2, -0.15) is 4.37 Å². The molecule has 0 aliphatic carbocycles. The van der Waals surface area contributed by atoms with Crippen molar-refractivity contribution in [1.29, 1.82) is 0 Å². The molecule has 0 bridgehead atoms. The third-order valence-electron chi connectivity index (χ3n) is 3.84. The zero-order valence-electron chi connectivity index (χ0n) is 14.1. The molecule has 26 heavy (non-hydrogen) atoms. The number of carbonyl (C=O) groups is 1. The molecule has 3 N–H and O–H groups in total. The second-order valence-electron chi connectivity index (χ2n) is 5.52. The van der Waals surface area contributed by atoms with E-state index in [9.17, 15) is 9.18 Å². The van der Waals surface area contributed by atoms with Gasteiger partial charge in [-0.1, -0.05) is 13.0 Å². The van der Waals surface area contributed by atoms with Crippen molar-refractivity contribution < 1.29 is 19.1 Å². The van der Waals surface area contributed by atoms with Gasteiger partial charge < -0.3 is 10.4 Å². The number of fused-ring (bicyclic) bond motifs is 1. The molecule has 2 aromatic carbocycles. The van der Waals surface area contributed by atoms with Crippen LogP contribution in [0.25, 0.3) is 10.1 Å². The highest BCUT2D eigenvalue weighted by atomic mass is 32.1.